The van der Waals surface area contributed by atoms with Crippen LogP contribution < -0.4 is 0 Å². The first-order valence-electron chi connectivity index (χ1n) is 8.19. The van der Waals surface area contributed by atoms with Crippen LogP contribution >= 0.6 is 0 Å². The number of piperidine rings is 1. The van der Waals surface area contributed by atoms with Gasteiger partial charge in [-0.25, -0.2) is 0 Å². The molecular formula is C16H25N3O3. The third kappa shape index (κ3) is 3.03. The molecule has 0 radical (unpaired) electrons. The normalized spacial score (nSPS) is 27.4. The zero-order chi connectivity index (χ0) is 15.7. The van der Waals surface area contributed by atoms with Crippen molar-refractivity contribution in [3.8, 4) is 0 Å². The Labute approximate surface area is 131 Å². The van der Waals surface area contributed by atoms with Crippen LogP contribution in [0.1, 0.15) is 42.7 Å². The highest BCUT2D eigenvalue weighted by Gasteiger charge is 2.36. The number of aromatic nitrogens is 1. The van der Waals surface area contributed by atoms with Gasteiger partial charge < -0.3 is 14.5 Å². The van der Waals surface area contributed by atoms with Crippen LogP contribution in [0.2, 0.25) is 0 Å². The molecule has 3 rings (SSSR count). The molecule has 0 unspecified atom stereocenters. The van der Waals surface area contributed by atoms with E-state index in [1.807, 2.05) is 13.8 Å². The average molecular weight is 307 g/mol. The highest BCUT2D eigenvalue weighted by molar-refractivity contribution is 5.73. The van der Waals surface area contributed by atoms with Gasteiger partial charge >= 0.3 is 5.97 Å². The van der Waals surface area contributed by atoms with Crippen molar-refractivity contribution in [1.82, 2.24) is 15.0 Å². The van der Waals surface area contributed by atoms with E-state index < -0.39 is 12.0 Å². The van der Waals surface area contributed by atoms with Crippen molar-refractivity contribution >= 4 is 5.97 Å². The minimum absolute atomic E-state index is 0.409. The van der Waals surface area contributed by atoms with Crippen LogP contribution in [-0.2, 0) is 11.3 Å². The summed E-state index contributed by atoms with van der Waals surface area (Å²) in [6.45, 7) is 7.50. The van der Waals surface area contributed by atoms with Gasteiger partial charge in [-0.15, -0.1) is 0 Å². The average Bonchev–Trinajstić information content (AvgIpc) is 3.13. The van der Waals surface area contributed by atoms with E-state index in [1.165, 1.54) is 12.8 Å². The van der Waals surface area contributed by atoms with Crippen LogP contribution in [0.4, 0.5) is 0 Å². The summed E-state index contributed by atoms with van der Waals surface area (Å²) in [6.07, 6.45) is 4.26. The molecule has 0 aromatic carbocycles. The van der Waals surface area contributed by atoms with E-state index in [9.17, 15) is 9.90 Å². The second kappa shape index (κ2) is 6.38. The van der Waals surface area contributed by atoms with Gasteiger partial charge in [0.05, 0.1) is 5.69 Å². The van der Waals surface area contributed by atoms with Crippen molar-refractivity contribution in [2.45, 2.75) is 58.2 Å². The van der Waals surface area contributed by atoms with Gasteiger partial charge in [-0.2, -0.15) is 0 Å². The predicted octanol–water partition coefficient (Wildman–Crippen LogP) is 1.80. The second-order valence-corrected chi connectivity index (χ2v) is 6.55. The predicted molar refractivity (Wildman–Crippen MR) is 81.6 cm³/mol. The zero-order valence-corrected chi connectivity index (χ0v) is 13.4. The molecule has 1 aromatic heterocycles. The molecule has 0 amide bonds. The number of carboxylic acid groups (broad SMARTS) is 1. The van der Waals surface area contributed by atoms with Crippen LogP contribution in [0.25, 0.3) is 0 Å². The smallest absolute Gasteiger partial charge is 0.320 e. The largest absolute Gasteiger partial charge is 0.480 e. The minimum atomic E-state index is -0.712. The van der Waals surface area contributed by atoms with Crippen LogP contribution in [-0.4, -0.2) is 57.8 Å². The third-order valence-electron chi connectivity index (χ3n) is 5.17. The van der Waals surface area contributed by atoms with Crippen LogP contribution in [0.15, 0.2) is 4.52 Å². The number of aliphatic carboxylic acids is 1. The van der Waals surface area contributed by atoms with Crippen molar-refractivity contribution in [1.29, 1.82) is 0 Å². The summed E-state index contributed by atoms with van der Waals surface area (Å²) < 4.78 is 5.20. The highest BCUT2D eigenvalue weighted by atomic mass is 16.5. The Balaban J connectivity index is 1.70. The van der Waals surface area contributed by atoms with Crippen molar-refractivity contribution in [3.05, 3.63) is 17.0 Å². The number of rotatable bonds is 4. The Morgan fingerprint density at radius 2 is 2.05 bits per heavy atom. The van der Waals surface area contributed by atoms with Crippen molar-refractivity contribution in [2.24, 2.45) is 0 Å². The molecule has 6 heteroatoms. The van der Waals surface area contributed by atoms with Crippen molar-refractivity contribution in [3.63, 3.8) is 0 Å². The number of carbonyl (C=O) groups is 1. The van der Waals surface area contributed by atoms with Crippen molar-refractivity contribution in [2.75, 3.05) is 19.6 Å². The van der Waals surface area contributed by atoms with Gasteiger partial charge in [0.15, 0.2) is 0 Å². The van der Waals surface area contributed by atoms with Crippen molar-refractivity contribution < 1.29 is 14.4 Å². The lowest BCUT2D eigenvalue weighted by Gasteiger charge is -2.40. The second-order valence-electron chi connectivity index (χ2n) is 6.55. The summed E-state index contributed by atoms with van der Waals surface area (Å²) in [5.74, 6) is 0.0824. The molecular weight excluding hydrogens is 282 g/mol. The van der Waals surface area contributed by atoms with Gasteiger partial charge in [-0.1, -0.05) is 5.16 Å². The van der Waals surface area contributed by atoms with Gasteiger partial charge in [0.1, 0.15) is 11.8 Å². The zero-order valence-electron chi connectivity index (χ0n) is 13.4. The maximum Gasteiger partial charge on any atom is 0.320 e. The number of hydrogen-bond acceptors (Lipinski definition) is 5. The molecule has 22 heavy (non-hydrogen) atoms. The molecule has 0 saturated carbocycles. The first-order valence-corrected chi connectivity index (χ1v) is 8.19. The maximum absolute atomic E-state index is 11.7. The molecule has 2 saturated heterocycles. The van der Waals surface area contributed by atoms with E-state index in [0.717, 1.165) is 49.5 Å². The lowest BCUT2D eigenvalue weighted by Crippen LogP contribution is -2.52. The SMILES string of the molecule is Cc1noc(C)c1CN1CC[C@H](N2CCCC2)C[C@@H]1C(=O)O. The summed E-state index contributed by atoms with van der Waals surface area (Å²) >= 11 is 0. The van der Waals surface area contributed by atoms with Gasteiger partial charge in [-0.05, 0) is 52.6 Å². The third-order valence-corrected chi connectivity index (χ3v) is 5.17. The fourth-order valence-corrected chi connectivity index (χ4v) is 3.81. The summed E-state index contributed by atoms with van der Waals surface area (Å²) in [5.41, 5.74) is 1.90. The number of carboxylic acids is 1. The van der Waals surface area contributed by atoms with E-state index in [-0.39, 0.29) is 0 Å². The summed E-state index contributed by atoms with van der Waals surface area (Å²) in [7, 11) is 0. The van der Waals surface area contributed by atoms with Crippen LogP contribution in [0.3, 0.4) is 0 Å². The van der Waals surface area contributed by atoms with E-state index in [1.54, 1.807) is 0 Å². The molecule has 1 aromatic rings. The number of nitrogens with zero attached hydrogens (tertiary/aromatic N) is 3. The standard InChI is InChI=1S/C16H25N3O3/c1-11-14(12(2)22-17-11)10-19-8-5-13(9-15(19)16(20)21)18-6-3-4-7-18/h13,15H,3-10H2,1-2H3,(H,20,21)/t13-,15+/m0/s1. The quantitative estimate of drug-likeness (QED) is 0.915. The molecule has 2 atom stereocenters. The fraction of sp³-hybridized carbons (Fsp3) is 0.750. The highest BCUT2D eigenvalue weighted by Crippen LogP contribution is 2.27. The molecule has 2 fully saturated rings. The fourth-order valence-electron chi connectivity index (χ4n) is 3.81. The van der Waals surface area contributed by atoms with Gasteiger partial charge in [0.2, 0.25) is 0 Å². The first kappa shape index (κ1) is 15.5. The number of likely N-dealkylation sites (tertiary alicyclic amines) is 2. The van der Waals surface area contributed by atoms with Crippen LogP contribution in [0, 0.1) is 13.8 Å². The van der Waals surface area contributed by atoms with E-state index in [4.69, 9.17) is 4.52 Å². The number of aryl methyl sites for hydroxylation is 2. The summed E-state index contributed by atoms with van der Waals surface area (Å²) in [4.78, 5) is 16.3. The minimum Gasteiger partial charge on any atom is -0.480 e. The van der Waals surface area contributed by atoms with Gasteiger partial charge in [0.25, 0.3) is 0 Å². The lowest BCUT2D eigenvalue weighted by atomic mass is 9.95. The molecule has 0 spiro atoms. The monoisotopic (exact) mass is 307 g/mol. The molecule has 6 nitrogen and oxygen atoms in total. The lowest BCUT2D eigenvalue weighted by molar-refractivity contribution is -0.146. The molecule has 2 aliphatic heterocycles. The van der Waals surface area contributed by atoms with Gasteiger partial charge in [0, 0.05) is 24.7 Å². The van der Waals surface area contributed by atoms with Gasteiger partial charge in [-0.3, -0.25) is 9.69 Å². The van der Waals surface area contributed by atoms with Crippen LogP contribution in [0.5, 0.6) is 0 Å². The Kier molecular flexibility index (Phi) is 4.49. The molecule has 1 N–H and O–H groups in total. The molecule has 0 aliphatic carbocycles. The number of hydrogen-bond donors (Lipinski definition) is 1. The molecule has 0 bridgehead atoms. The Bertz CT molecular complexity index is 517. The Morgan fingerprint density at radius 1 is 1.32 bits per heavy atom. The first-order chi connectivity index (χ1) is 10.6. The molecule has 122 valence electrons. The summed E-state index contributed by atoms with van der Waals surface area (Å²) in [6, 6.07) is 0.0116. The molecule has 2 aliphatic rings. The van der Waals surface area contributed by atoms with E-state index in [2.05, 4.69) is 15.0 Å². The Morgan fingerprint density at radius 3 is 2.64 bits per heavy atom. The van der Waals surface area contributed by atoms with E-state index >= 15 is 0 Å². The topological polar surface area (TPSA) is 69.8 Å². The maximum atomic E-state index is 11.7. The summed E-state index contributed by atoms with van der Waals surface area (Å²) in [5, 5.41) is 13.6. The Hall–Kier alpha value is -1.40. The molecule has 3 heterocycles. The van der Waals surface area contributed by atoms with E-state index in [0.29, 0.717) is 12.6 Å².